The summed E-state index contributed by atoms with van der Waals surface area (Å²) in [5.41, 5.74) is 0.379. The van der Waals surface area contributed by atoms with Crippen LogP contribution in [0.3, 0.4) is 0 Å². The molecule has 10 heteroatoms. The average Bonchev–Trinajstić information content (AvgIpc) is 2.94. The Morgan fingerprint density at radius 1 is 0.956 bits per heavy atom. The van der Waals surface area contributed by atoms with Gasteiger partial charge in [-0.15, -0.1) is 13.2 Å². The van der Waals surface area contributed by atoms with Gasteiger partial charge in [-0.2, -0.15) is 0 Å². The van der Waals surface area contributed by atoms with E-state index >= 15 is 0 Å². The molecule has 0 radical (unpaired) electrons. The second kappa shape index (κ2) is 13.6. The SMILES string of the molecule is CC1(C)CC(CCN(Cc2ccc(O[C@H]3CC[C@H](C(=O)O)CC3)cc2)C(=O)C(C)(C)C)(c2ccc(OC(F)(F)F)cc2)CCO1. The van der Waals surface area contributed by atoms with Crippen LogP contribution in [-0.4, -0.2) is 53.1 Å². The van der Waals surface area contributed by atoms with Crippen LogP contribution in [0.1, 0.15) is 90.7 Å². The minimum absolute atomic E-state index is 0.00779. The van der Waals surface area contributed by atoms with Crippen LogP contribution >= 0.6 is 0 Å². The van der Waals surface area contributed by atoms with Gasteiger partial charge in [-0.25, -0.2) is 0 Å². The molecule has 1 unspecified atom stereocenters. The van der Waals surface area contributed by atoms with Crippen molar-refractivity contribution in [3.05, 3.63) is 59.7 Å². The van der Waals surface area contributed by atoms with E-state index in [2.05, 4.69) is 4.74 Å². The third kappa shape index (κ3) is 9.61. The van der Waals surface area contributed by atoms with Gasteiger partial charge in [-0.1, -0.05) is 45.0 Å². The number of nitrogens with zero attached hydrogens (tertiary/aromatic N) is 1. The maximum Gasteiger partial charge on any atom is 0.573 e. The predicted octanol–water partition coefficient (Wildman–Crippen LogP) is 7.90. The highest BCUT2D eigenvalue weighted by Gasteiger charge is 2.43. The maximum absolute atomic E-state index is 13.7. The summed E-state index contributed by atoms with van der Waals surface area (Å²) < 4.78 is 54.7. The number of hydrogen-bond donors (Lipinski definition) is 1. The number of alkyl halides is 3. The number of rotatable bonds is 10. The first kappa shape index (κ1) is 34.6. The van der Waals surface area contributed by atoms with Gasteiger partial charge in [0, 0.05) is 30.5 Å². The van der Waals surface area contributed by atoms with Crippen molar-refractivity contribution in [3.8, 4) is 11.5 Å². The lowest BCUT2D eigenvalue weighted by Gasteiger charge is -2.46. The lowest BCUT2D eigenvalue weighted by Crippen LogP contribution is -2.47. The summed E-state index contributed by atoms with van der Waals surface area (Å²) in [6, 6.07) is 13.8. The molecule has 248 valence electrons. The van der Waals surface area contributed by atoms with Crippen LogP contribution in [-0.2, 0) is 26.3 Å². The minimum atomic E-state index is -4.76. The highest BCUT2D eigenvalue weighted by Crippen LogP contribution is 2.45. The molecule has 1 heterocycles. The number of carbonyl (C=O) groups is 2. The van der Waals surface area contributed by atoms with Gasteiger partial charge in [0.25, 0.3) is 0 Å². The molecule has 2 fully saturated rings. The Kier molecular flexibility index (Phi) is 10.5. The summed E-state index contributed by atoms with van der Waals surface area (Å²) in [5.74, 6) is -0.585. The molecular formula is C35H46F3NO6. The fraction of sp³-hybridized carbons (Fsp3) is 0.600. The van der Waals surface area contributed by atoms with E-state index in [1.54, 1.807) is 12.1 Å². The van der Waals surface area contributed by atoms with Crippen molar-refractivity contribution in [1.82, 2.24) is 4.90 Å². The zero-order valence-corrected chi connectivity index (χ0v) is 26.9. The first-order valence-corrected chi connectivity index (χ1v) is 15.7. The average molecular weight is 634 g/mol. The van der Waals surface area contributed by atoms with Crippen molar-refractivity contribution in [1.29, 1.82) is 0 Å². The molecule has 45 heavy (non-hydrogen) atoms. The number of carboxylic acids is 1. The number of halogens is 3. The van der Waals surface area contributed by atoms with Crippen LogP contribution in [0.4, 0.5) is 13.2 Å². The normalized spacial score (nSPS) is 23.6. The van der Waals surface area contributed by atoms with Gasteiger partial charge in [0.05, 0.1) is 17.6 Å². The molecule has 4 rings (SSSR count). The summed E-state index contributed by atoms with van der Waals surface area (Å²) in [6.45, 7) is 11.1. The maximum atomic E-state index is 13.7. The monoisotopic (exact) mass is 633 g/mol. The molecule has 0 aromatic heterocycles. The quantitative estimate of drug-likeness (QED) is 0.286. The Balaban J connectivity index is 1.49. The van der Waals surface area contributed by atoms with Gasteiger partial charge in [-0.05, 0) is 94.2 Å². The lowest BCUT2D eigenvalue weighted by molar-refractivity contribution is -0.274. The van der Waals surface area contributed by atoms with Gasteiger partial charge in [0.1, 0.15) is 11.5 Å². The van der Waals surface area contributed by atoms with Crippen LogP contribution in [0.5, 0.6) is 11.5 Å². The van der Waals surface area contributed by atoms with Gasteiger partial charge < -0.3 is 24.2 Å². The number of amides is 1. The molecule has 1 saturated carbocycles. The zero-order valence-electron chi connectivity index (χ0n) is 26.9. The molecule has 7 nitrogen and oxygen atoms in total. The largest absolute Gasteiger partial charge is 0.573 e. The Labute approximate surface area is 264 Å². The van der Waals surface area contributed by atoms with E-state index < -0.39 is 28.8 Å². The van der Waals surface area contributed by atoms with Crippen LogP contribution in [0.15, 0.2) is 48.5 Å². The summed E-state index contributed by atoms with van der Waals surface area (Å²) in [4.78, 5) is 26.8. The second-order valence-corrected chi connectivity index (χ2v) is 14.2. The molecule has 1 atom stereocenters. The fourth-order valence-corrected chi connectivity index (χ4v) is 6.68. The zero-order chi connectivity index (χ0) is 33.0. The summed E-state index contributed by atoms with van der Waals surface area (Å²) in [6.07, 6.45) is -0.218. The van der Waals surface area contributed by atoms with E-state index in [9.17, 15) is 27.9 Å². The first-order valence-electron chi connectivity index (χ1n) is 15.7. The highest BCUT2D eigenvalue weighted by atomic mass is 19.4. The van der Waals surface area contributed by atoms with Crippen molar-refractivity contribution < 1.29 is 42.1 Å². The molecule has 2 aliphatic rings. The summed E-state index contributed by atoms with van der Waals surface area (Å²) >= 11 is 0. The van der Waals surface area contributed by atoms with E-state index in [0.717, 1.165) is 11.1 Å². The fourth-order valence-electron chi connectivity index (χ4n) is 6.68. The second-order valence-electron chi connectivity index (χ2n) is 14.2. The number of hydrogen-bond acceptors (Lipinski definition) is 5. The van der Waals surface area contributed by atoms with E-state index in [-0.39, 0.29) is 23.7 Å². The van der Waals surface area contributed by atoms with Crippen molar-refractivity contribution in [3.63, 3.8) is 0 Å². The first-order chi connectivity index (χ1) is 20.9. The molecule has 1 amide bonds. The molecule has 0 spiro atoms. The molecule has 2 aromatic carbocycles. The number of benzene rings is 2. The van der Waals surface area contributed by atoms with E-state index in [4.69, 9.17) is 9.47 Å². The van der Waals surface area contributed by atoms with E-state index in [0.29, 0.717) is 70.4 Å². The van der Waals surface area contributed by atoms with Crippen molar-refractivity contribution in [2.24, 2.45) is 11.3 Å². The third-order valence-electron chi connectivity index (χ3n) is 8.95. The van der Waals surface area contributed by atoms with Crippen molar-refractivity contribution in [2.75, 3.05) is 13.2 Å². The van der Waals surface area contributed by atoms with Crippen LogP contribution in [0.25, 0.3) is 0 Å². The van der Waals surface area contributed by atoms with Crippen LogP contribution in [0.2, 0.25) is 0 Å². The third-order valence-corrected chi connectivity index (χ3v) is 8.95. The van der Waals surface area contributed by atoms with E-state index in [1.807, 2.05) is 63.8 Å². The van der Waals surface area contributed by atoms with Gasteiger partial charge in [-0.3, -0.25) is 9.59 Å². The van der Waals surface area contributed by atoms with Gasteiger partial charge in [0.15, 0.2) is 0 Å². The number of carbonyl (C=O) groups excluding carboxylic acids is 1. The molecular weight excluding hydrogens is 587 g/mol. The van der Waals surface area contributed by atoms with Crippen molar-refractivity contribution in [2.45, 2.75) is 110 Å². The minimum Gasteiger partial charge on any atom is -0.490 e. The Morgan fingerprint density at radius 2 is 1.56 bits per heavy atom. The molecule has 0 bridgehead atoms. The molecule has 2 aromatic rings. The van der Waals surface area contributed by atoms with Gasteiger partial charge >= 0.3 is 12.3 Å². The number of carboxylic acid groups (broad SMARTS) is 1. The summed E-state index contributed by atoms with van der Waals surface area (Å²) in [5, 5.41) is 9.24. The molecule has 1 N–H and O–H groups in total. The molecule has 1 aliphatic carbocycles. The van der Waals surface area contributed by atoms with Gasteiger partial charge in [0.2, 0.25) is 5.91 Å². The topological polar surface area (TPSA) is 85.3 Å². The molecule has 1 saturated heterocycles. The van der Waals surface area contributed by atoms with Crippen LogP contribution < -0.4 is 9.47 Å². The Bertz CT molecular complexity index is 1290. The Hall–Kier alpha value is -3.27. The predicted molar refractivity (Wildman–Crippen MR) is 164 cm³/mol. The number of aliphatic carboxylic acids is 1. The number of ether oxygens (including phenoxy) is 3. The lowest BCUT2D eigenvalue weighted by atomic mass is 9.67. The standard InChI is InChI=1S/C35H46F3NO6/c1-32(2,3)31(42)39(22-24-6-12-27(13-7-24)44-28-14-8-25(9-15-28)30(40)41)20-18-34(19-21-43-33(4,5)23-34)26-10-16-29(17-11-26)45-35(36,37)38/h6-7,10-13,16-17,25,28H,8-9,14-15,18-23H2,1-5H3,(H,40,41)/t25-,28-,34?. The highest BCUT2D eigenvalue weighted by molar-refractivity contribution is 5.81. The Morgan fingerprint density at radius 3 is 2.09 bits per heavy atom. The molecule has 1 aliphatic heterocycles. The smallest absolute Gasteiger partial charge is 0.490 e. The van der Waals surface area contributed by atoms with Crippen molar-refractivity contribution >= 4 is 11.9 Å². The van der Waals surface area contributed by atoms with E-state index in [1.165, 1.54) is 12.1 Å². The summed E-state index contributed by atoms with van der Waals surface area (Å²) in [7, 11) is 0. The van der Waals surface area contributed by atoms with Crippen LogP contribution in [0, 0.1) is 11.3 Å².